The Kier molecular flexibility index (Phi) is 4.61. The maximum atomic E-state index is 11.8. The van der Waals surface area contributed by atoms with E-state index in [9.17, 15) is 9.90 Å². The number of aliphatic hydroxyl groups excluding tert-OH is 1. The first kappa shape index (κ1) is 15.5. The molecule has 0 radical (unpaired) electrons. The molecule has 0 aliphatic heterocycles. The van der Waals surface area contributed by atoms with Crippen molar-refractivity contribution >= 4 is 11.5 Å². The zero-order valence-electron chi connectivity index (χ0n) is 13.0. The summed E-state index contributed by atoms with van der Waals surface area (Å²) in [6.07, 6.45) is 2.12. The molecule has 3 nitrogen and oxygen atoms in total. The molecular weight excluding hydrogens is 262 g/mol. The van der Waals surface area contributed by atoms with E-state index in [4.69, 9.17) is 0 Å². The quantitative estimate of drug-likeness (QED) is 0.912. The third-order valence-corrected chi connectivity index (χ3v) is 3.77. The van der Waals surface area contributed by atoms with Crippen molar-refractivity contribution in [3.05, 3.63) is 47.2 Å². The summed E-state index contributed by atoms with van der Waals surface area (Å²) in [4.78, 5) is 16.4. The molecule has 0 fully saturated rings. The molecule has 112 valence electrons. The lowest BCUT2D eigenvalue weighted by Crippen LogP contribution is -2.29. The van der Waals surface area contributed by atoms with E-state index < -0.39 is 0 Å². The molecule has 0 bridgehead atoms. The van der Waals surface area contributed by atoms with Crippen molar-refractivity contribution in [1.82, 2.24) is 0 Å². The lowest BCUT2D eigenvalue weighted by Gasteiger charge is -2.31. The van der Waals surface area contributed by atoms with Gasteiger partial charge in [0.2, 0.25) is 0 Å². The summed E-state index contributed by atoms with van der Waals surface area (Å²) >= 11 is 0. The van der Waals surface area contributed by atoms with Crippen molar-refractivity contribution in [2.45, 2.75) is 40.0 Å². The maximum absolute atomic E-state index is 11.8. The predicted octanol–water partition coefficient (Wildman–Crippen LogP) is 3.89. The van der Waals surface area contributed by atoms with E-state index in [1.165, 1.54) is 12.5 Å². The van der Waals surface area contributed by atoms with Gasteiger partial charge in [0.15, 0.2) is 5.78 Å². The molecule has 1 aliphatic carbocycles. The molecule has 0 spiro atoms. The largest absolute Gasteiger partial charge is 0.511 e. The van der Waals surface area contributed by atoms with Crippen molar-refractivity contribution in [3.63, 3.8) is 0 Å². The van der Waals surface area contributed by atoms with Crippen molar-refractivity contribution in [2.24, 2.45) is 10.4 Å². The summed E-state index contributed by atoms with van der Waals surface area (Å²) < 4.78 is 0. The van der Waals surface area contributed by atoms with Crippen LogP contribution in [0.25, 0.3) is 0 Å². The zero-order valence-corrected chi connectivity index (χ0v) is 13.0. The highest BCUT2D eigenvalue weighted by Gasteiger charge is 2.33. The van der Waals surface area contributed by atoms with Gasteiger partial charge in [0.05, 0.1) is 5.57 Å². The third kappa shape index (κ3) is 4.03. The molecule has 0 unspecified atom stereocenters. The van der Waals surface area contributed by atoms with Crippen LogP contribution in [-0.2, 0) is 11.2 Å². The Hall–Kier alpha value is -1.90. The van der Waals surface area contributed by atoms with Gasteiger partial charge in [-0.3, -0.25) is 9.79 Å². The zero-order chi connectivity index (χ0) is 15.5. The number of carbonyl (C=O) groups is 1. The van der Waals surface area contributed by atoms with Crippen LogP contribution in [0.4, 0.5) is 0 Å². The van der Waals surface area contributed by atoms with Gasteiger partial charge in [-0.25, -0.2) is 0 Å². The Bertz CT molecular complexity index is 582. The van der Waals surface area contributed by atoms with Crippen LogP contribution in [0.15, 0.2) is 46.7 Å². The number of aliphatic hydroxyl groups is 1. The SMILES string of the molecule is CC(=O)C1=C(O)CC(C)(C)CC1=NCCc1ccccc1. The topological polar surface area (TPSA) is 49.7 Å². The summed E-state index contributed by atoms with van der Waals surface area (Å²) in [5.74, 6) is 0.0960. The van der Waals surface area contributed by atoms with Crippen molar-refractivity contribution in [3.8, 4) is 0 Å². The average Bonchev–Trinajstić information content (AvgIpc) is 2.37. The maximum Gasteiger partial charge on any atom is 0.164 e. The highest BCUT2D eigenvalue weighted by atomic mass is 16.3. The van der Waals surface area contributed by atoms with E-state index in [0.29, 0.717) is 18.5 Å². The number of ketones is 1. The first-order chi connectivity index (χ1) is 9.89. The number of nitrogens with zero attached hydrogens (tertiary/aromatic N) is 1. The Balaban J connectivity index is 2.17. The molecule has 0 aromatic heterocycles. The molecule has 0 atom stereocenters. The second-order valence-electron chi connectivity index (χ2n) is 6.46. The molecule has 0 amide bonds. The van der Waals surface area contributed by atoms with Gasteiger partial charge in [0, 0.05) is 18.7 Å². The first-order valence-electron chi connectivity index (χ1n) is 7.40. The summed E-state index contributed by atoms with van der Waals surface area (Å²) in [5, 5.41) is 10.1. The molecule has 1 aromatic carbocycles. The minimum atomic E-state index is -0.0959. The van der Waals surface area contributed by atoms with Gasteiger partial charge in [-0.1, -0.05) is 44.2 Å². The second kappa shape index (κ2) is 6.25. The van der Waals surface area contributed by atoms with Gasteiger partial charge in [-0.2, -0.15) is 0 Å². The number of carbonyl (C=O) groups excluding carboxylic acids is 1. The monoisotopic (exact) mass is 285 g/mol. The molecule has 3 heteroatoms. The first-order valence-corrected chi connectivity index (χ1v) is 7.40. The second-order valence-corrected chi connectivity index (χ2v) is 6.46. The van der Waals surface area contributed by atoms with E-state index in [0.717, 1.165) is 18.6 Å². The van der Waals surface area contributed by atoms with Gasteiger partial charge >= 0.3 is 0 Å². The fourth-order valence-corrected chi connectivity index (χ4v) is 2.82. The van der Waals surface area contributed by atoms with Crippen LogP contribution in [0.1, 0.15) is 39.2 Å². The summed E-state index contributed by atoms with van der Waals surface area (Å²) in [5.41, 5.74) is 2.37. The molecule has 1 aliphatic rings. The van der Waals surface area contributed by atoms with Crippen LogP contribution in [0.5, 0.6) is 0 Å². The lowest BCUT2D eigenvalue weighted by atomic mass is 9.75. The number of hydrogen-bond acceptors (Lipinski definition) is 3. The van der Waals surface area contributed by atoms with Crippen LogP contribution < -0.4 is 0 Å². The van der Waals surface area contributed by atoms with E-state index >= 15 is 0 Å². The van der Waals surface area contributed by atoms with Crippen LogP contribution in [0.2, 0.25) is 0 Å². The average molecular weight is 285 g/mol. The standard InChI is InChI=1S/C18H23NO2/c1-13(20)17-15(11-18(2,3)12-16(17)21)19-10-9-14-7-5-4-6-8-14/h4-8,21H,9-12H2,1-3H3. The Morgan fingerprint density at radius 3 is 2.52 bits per heavy atom. The molecule has 0 saturated heterocycles. The van der Waals surface area contributed by atoms with E-state index in [1.54, 1.807) is 0 Å². The Labute approximate surface area is 126 Å². The number of hydrogen-bond donors (Lipinski definition) is 1. The highest BCUT2D eigenvalue weighted by Crippen LogP contribution is 2.36. The van der Waals surface area contributed by atoms with E-state index in [1.807, 2.05) is 18.2 Å². The van der Waals surface area contributed by atoms with Crippen molar-refractivity contribution < 1.29 is 9.90 Å². The molecule has 21 heavy (non-hydrogen) atoms. The molecule has 1 aromatic rings. The van der Waals surface area contributed by atoms with Gasteiger partial charge in [0.25, 0.3) is 0 Å². The summed E-state index contributed by atoms with van der Waals surface area (Å²) in [6.45, 7) is 6.32. The van der Waals surface area contributed by atoms with Gasteiger partial charge in [-0.15, -0.1) is 0 Å². The van der Waals surface area contributed by atoms with E-state index in [-0.39, 0.29) is 17.0 Å². The molecule has 2 rings (SSSR count). The number of allylic oxidation sites excluding steroid dienone is 2. The van der Waals surface area contributed by atoms with Crippen LogP contribution >= 0.6 is 0 Å². The minimum Gasteiger partial charge on any atom is -0.511 e. The Morgan fingerprint density at radius 2 is 1.90 bits per heavy atom. The van der Waals surface area contributed by atoms with E-state index in [2.05, 4.69) is 31.0 Å². The van der Waals surface area contributed by atoms with Crippen molar-refractivity contribution in [2.75, 3.05) is 6.54 Å². The van der Waals surface area contributed by atoms with Crippen LogP contribution in [0, 0.1) is 5.41 Å². The number of aliphatic imine (C=N–C) groups is 1. The summed E-state index contributed by atoms with van der Waals surface area (Å²) in [7, 11) is 0. The van der Waals surface area contributed by atoms with Crippen LogP contribution in [0.3, 0.4) is 0 Å². The molecule has 0 saturated carbocycles. The Morgan fingerprint density at radius 1 is 1.24 bits per heavy atom. The smallest absolute Gasteiger partial charge is 0.164 e. The van der Waals surface area contributed by atoms with Gasteiger partial charge in [0.1, 0.15) is 5.76 Å². The fraction of sp³-hybridized carbons (Fsp3) is 0.444. The predicted molar refractivity (Wildman–Crippen MR) is 85.8 cm³/mol. The van der Waals surface area contributed by atoms with Crippen molar-refractivity contribution in [1.29, 1.82) is 0 Å². The fourth-order valence-electron chi connectivity index (χ4n) is 2.82. The van der Waals surface area contributed by atoms with Gasteiger partial charge < -0.3 is 5.11 Å². The number of Topliss-reactive ketones (excluding diaryl/α,β-unsaturated/α-hetero) is 1. The molecule has 0 heterocycles. The molecule has 1 N–H and O–H groups in total. The highest BCUT2D eigenvalue weighted by molar-refractivity contribution is 6.22. The number of benzene rings is 1. The van der Waals surface area contributed by atoms with Crippen LogP contribution in [-0.4, -0.2) is 23.1 Å². The minimum absolute atomic E-state index is 0.0470. The van der Waals surface area contributed by atoms with Gasteiger partial charge in [-0.05, 0) is 30.7 Å². The molecular formula is C18H23NO2. The normalized spacial score (nSPS) is 19.9. The summed E-state index contributed by atoms with van der Waals surface area (Å²) in [6, 6.07) is 10.2. The third-order valence-electron chi connectivity index (χ3n) is 3.77. The lowest BCUT2D eigenvalue weighted by molar-refractivity contribution is -0.113. The number of rotatable bonds is 4.